The Morgan fingerprint density at radius 3 is 2.21 bits per heavy atom. The van der Waals surface area contributed by atoms with Gasteiger partial charge in [-0.1, -0.05) is 48.2 Å². The summed E-state index contributed by atoms with van der Waals surface area (Å²) < 4.78 is 14.7. The van der Waals surface area contributed by atoms with Gasteiger partial charge in [0.25, 0.3) is 0 Å². The number of carbonyl (C=O) groups excluding carboxylic acids is 1. The highest BCUT2D eigenvalue weighted by Crippen LogP contribution is 2.55. The third kappa shape index (κ3) is 6.67. The summed E-state index contributed by atoms with van der Waals surface area (Å²) >= 11 is 1.49. The lowest BCUT2D eigenvalue weighted by Gasteiger charge is -2.56. The van der Waals surface area contributed by atoms with Crippen LogP contribution in [0.5, 0.6) is 5.75 Å². The molecule has 250 valence electrons. The number of ether oxygens (including phenoxy) is 2. The number of nitrogens with one attached hydrogen (secondary N) is 2. The minimum Gasteiger partial charge on any atom is -0.508 e. The van der Waals surface area contributed by atoms with Gasteiger partial charge in [0, 0.05) is 29.0 Å². The lowest BCUT2D eigenvalue weighted by atomic mass is 9.53. The van der Waals surface area contributed by atoms with Gasteiger partial charge in [-0.3, -0.25) is 0 Å². The molecule has 1 aromatic heterocycles. The van der Waals surface area contributed by atoms with Crippen molar-refractivity contribution in [2.75, 3.05) is 11.1 Å². The lowest BCUT2D eigenvalue weighted by molar-refractivity contribution is -0.245. The van der Waals surface area contributed by atoms with E-state index in [1.807, 2.05) is 48.5 Å². The number of nitrogens with zero attached hydrogens (tertiary/aromatic N) is 4. The summed E-state index contributed by atoms with van der Waals surface area (Å²) in [6, 6.07) is 22.1. The van der Waals surface area contributed by atoms with E-state index in [1.165, 1.54) is 31.0 Å². The molecule has 4 bridgehead atoms. The first kappa shape index (κ1) is 31.3. The topological polar surface area (TPSA) is 144 Å². The average molecular weight is 669 g/mol. The zero-order valence-electron chi connectivity index (χ0n) is 26.6. The average Bonchev–Trinajstić information content (AvgIpc) is 3.56. The Labute approximate surface area is 283 Å². The van der Waals surface area contributed by atoms with Gasteiger partial charge in [-0.15, -0.1) is 5.10 Å². The molecule has 4 aromatic rings. The van der Waals surface area contributed by atoms with E-state index in [-0.39, 0.29) is 36.1 Å². The highest BCUT2D eigenvalue weighted by molar-refractivity contribution is 7.99. The summed E-state index contributed by atoms with van der Waals surface area (Å²) in [5, 5.41) is 38.5. The summed E-state index contributed by atoms with van der Waals surface area (Å²) in [5.41, 5.74) is 4.11. The first-order valence-electron chi connectivity index (χ1n) is 16.8. The standard InChI is InChI=1S/C36H40N6O5S/c43-20-22-1-3-26(4-2-22)32-16-31(21-48-35-39-40-41-42(35)29-9-11-30(44)12-10-29)46-33(47-32)27-5-7-28(8-6-27)37-34(45)38-36-17-23-13-24(18-36)15-25(14-23)19-36/h1-12,23-25,31-33,43-44H,13-21H2,(H2,37,38,45)/t23?,24?,25?,31-,32+,33+,36?/m0/s1. The Kier molecular flexibility index (Phi) is 8.58. The molecular formula is C36H40N6O5S. The van der Waals surface area contributed by atoms with Gasteiger partial charge in [0.05, 0.1) is 24.5 Å². The van der Waals surface area contributed by atoms with Crippen molar-refractivity contribution in [2.24, 2.45) is 17.8 Å². The summed E-state index contributed by atoms with van der Waals surface area (Å²) in [4.78, 5) is 13.2. The largest absolute Gasteiger partial charge is 0.508 e. The molecule has 5 fully saturated rings. The van der Waals surface area contributed by atoms with Crippen LogP contribution < -0.4 is 10.6 Å². The van der Waals surface area contributed by atoms with Crippen molar-refractivity contribution in [3.8, 4) is 11.4 Å². The SMILES string of the molecule is O=C(Nc1ccc([C@@H]2O[C@H](CSc3nnnn3-c3ccc(O)cc3)C[C@H](c3ccc(CO)cc3)O2)cc1)NC12CC3CC(CC(C3)C1)C2. The van der Waals surface area contributed by atoms with Gasteiger partial charge >= 0.3 is 6.03 Å². The molecule has 1 saturated heterocycles. The van der Waals surface area contributed by atoms with Crippen LogP contribution in [0.1, 0.15) is 74.0 Å². The number of urea groups is 1. The van der Waals surface area contributed by atoms with E-state index in [0.29, 0.717) is 17.3 Å². The number of carbonyl (C=O) groups is 1. The van der Waals surface area contributed by atoms with Crippen molar-refractivity contribution in [3.63, 3.8) is 0 Å². The number of tetrazole rings is 1. The lowest BCUT2D eigenvalue weighted by Crippen LogP contribution is -2.60. The van der Waals surface area contributed by atoms with Crippen molar-refractivity contribution in [2.45, 2.75) is 80.7 Å². The monoisotopic (exact) mass is 668 g/mol. The van der Waals surface area contributed by atoms with Crippen LogP contribution in [0, 0.1) is 17.8 Å². The second-order valence-electron chi connectivity index (χ2n) is 13.9. The molecule has 12 heteroatoms. The highest BCUT2D eigenvalue weighted by atomic mass is 32.2. The third-order valence-electron chi connectivity index (χ3n) is 10.4. The number of phenolic OH excluding ortho intramolecular Hbond substituents is 1. The van der Waals surface area contributed by atoms with Gasteiger partial charge in [0.2, 0.25) is 5.16 Å². The van der Waals surface area contributed by atoms with E-state index >= 15 is 0 Å². The number of phenols is 1. The maximum atomic E-state index is 13.2. The number of rotatable bonds is 9. The van der Waals surface area contributed by atoms with Crippen LogP contribution in [0.4, 0.5) is 10.5 Å². The van der Waals surface area contributed by atoms with E-state index in [4.69, 9.17) is 9.47 Å². The molecule has 0 unspecified atom stereocenters. The molecule has 4 saturated carbocycles. The zero-order chi connectivity index (χ0) is 32.7. The number of aromatic nitrogens is 4. The fourth-order valence-electron chi connectivity index (χ4n) is 8.61. The Bertz CT molecular complexity index is 1700. The molecule has 2 heterocycles. The molecule has 11 nitrogen and oxygen atoms in total. The molecule has 5 aliphatic rings. The van der Waals surface area contributed by atoms with Crippen molar-refractivity contribution >= 4 is 23.5 Å². The molecule has 3 aromatic carbocycles. The van der Waals surface area contributed by atoms with Crippen molar-refractivity contribution in [1.82, 2.24) is 25.5 Å². The van der Waals surface area contributed by atoms with Gasteiger partial charge in [-0.05, 0) is 114 Å². The molecule has 4 aliphatic carbocycles. The van der Waals surface area contributed by atoms with E-state index in [9.17, 15) is 15.0 Å². The number of aliphatic hydroxyl groups is 1. The van der Waals surface area contributed by atoms with Crippen LogP contribution >= 0.6 is 11.8 Å². The first-order chi connectivity index (χ1) is 23.4. The molecule has 2 amide bonds. The van der Waals surface area contributed by atoms with Crippen LogP contribution in [-0.4, -0.2) is 53.8 Å². The van der Waals surface area contributed by atoms with Crippen LogP contribution in [0.2, 0.25) is 0 Å². The van der Waals surface area contributed by atoms with Crippen LogP contribution in [0.3, 0.4) is 0 Å². The minimum atomic E-state index is -0.630. The molecule has 4 N–H and O–H groups in total. The number of thioether (sulfide) groups is 1. The number of anilines is 1. The Hall–Kier alpha value is -3.97. The summed E-state index contributed by atoms with van der Waals surface area (Å²) in [7, 11) is 0. The normalized spacial score (nSPS) is 29.1. The fourth-order valence-corrected chi connectivity index (χ4v) is 9.51. The van der Waals surface area contributed by atoms with Gasteiger partial charge in [-0.2, -0.15) is 4.68 Å². The van der Waals surface area contributed by atoms with Gasteiger partial charge in [0.15, 0.2) is 6.29 Å². The molecule has 1 aliphatic heterocycles. The van der Waals surface area contributed by atoms with Crippen molar-refractivity contribution in [1.29, 1.82) is 0 Å². The third-order valence-corrected chi connectivity index (χ3v) is 11.5. The quantitative estimate of drug-likeness (QED) is 0.151. The van der Waals surface area contributed by atoms with E-state index in [1.54, 1.807) is 28.9 Å². The van der Waals surface area contributed by atoms with Gasteiger partial charge < -0.3 is 30.3 Å². The van der Waals surface area contributed by atoms with Crippen LogP contribution in [-0.2, 0) is 16.1 Å². The van der Waals surface area contributed by atoms with E-state index in [0.717, 1.165) is 65.1 Å². The van der Waals surface area contributed by atoms with Crippen molar-refractivity contribution in [3.05, 3.63) is 89.5 Å². The Morgan fingerprint density at radius 2 is 1.54 bits per heavy atom. The fraction of sp³-hybridized carbons (Fsp3) is 0.444. The molecule has 0 radical (unpaired) electrons. The molecule has 48 heavy (non-hydrogen) atoms. The van der Waals surface area contributed by atoms with E-state index in [2.05, 4.69) is 26.2 Å². The number of benzene rings is 3. The number of amides is 2. The van der Waals surface area contributed by atoms with E-state index < -0.39 is 6.29 Å². The predicted octanol–water partition coefficient (Wildman–Crippen LogP) is 6.29. The second-order valence-corrected chi connectivity index (χ2v) is 14.9. The Balaban J connectivity index is 0.951. The number of aromatic hydroxyl groups is 1. The summed E-state index contributed by atoms with van der Waals surface area (Å²) in [6.45, 7) is -0.0203. The number of hydrogen-bond acceptors (Lipinski definition) is 9. The minimum absolute atomic E-state index is 0.0203. The van der Waals surface area contributed by atoms with Crippen molar-refractivity contribution < 1.29 is 24.5 Å². The smallest absolute Gasteiger partial charge is 0.319 e. The summed E-state index contributed by atoms with van der Waals surface area (Å²) in [6.07, 6.45) is 6.89. The maximum Gasteiger partial charge on any atom is 0.319 e. The zero-order valence-corrected chi connectivity index (χ0v) is 27.4. The highest BCUT2D eigenvalue weighted by Gasteiger charge is 2.51. The number of aliphatic hydroxyl groups excluding tert-OH is 1. The van der Waals surface area contributed by atoms with Gasteiger partial charge in [-0.25, -0.2) is 4.79 Å². The molecule has 0 spiro atoms. The predicted molar refractivity (Wildman–Crippen MR) is 179 cm³/mol. The van der Waals surface area contributed by atoms with Crippen LogP contribution in [0.25, 0.3) is 5.69 Å². The summed E-state index contributed by atoms with van der Waals surface area (Å²) in [5.74, 6) is 3.04. The first-order valence-corrected chi connectivity index (χ1v) is 17.8. The van der Waals surface area contributed by atoms with Crippen LogP contribution in [0.15, 0.2) is 78.0 Å². The van der Waals surface area contributed by atoms with Gasteiger partial charge in [0.1, 0.15) is 5.75 Å². The maximum absolute atomic E-state index is 13.2. The molecule has 9 rings (SSSR count). The molecular weight excluding hydrogens is 629 g/mol. The number of hydrogen-bond donors (Lipinski definition) is 4. The Morgan fingerprint density at radius 1 is 0.875 bits per heavy atom. The second kappa shape index (κ2) is 13.1. The molecule has 3 atom stereocenters.